The van der Waals surface area contributed by atoms with Crippen molar-refractivity contribution in [3.63, 3.8) is 0 Å². The van der Waals surface area contributed by atoms with Crippen LogP contribution in [0.2, 0.25) is 0 Å². The number of hydrogen-bond donors (Lipinski definition) is 2. The normalized spacial score (nSPS) is 11.9. The molecule has 0 amide bonds. The molecule has 0 aromatic carbocycles. The molecule has 26 heavy (non-hydrogen) atoms. The molecule has 144 valence electrons. The summed E-state index contributed by atoms with van der Waals surface area (Å²) in [6.45, 7) is 8.48. The highest BCUT2D eigenvalue weighted by atomic mass is 16.5. The van der Waals surface area contributed by atoms with Crippen LogP contribution in [0.5, 0.6) is 0 Å². The average Bonchev–Trinajstić information content (AvgIpc) is 3.05. The molecule has 0 aliphatic heterocycles. The number of methoxy groups -OCH3 is 1. The Balaban J connectivity index is 1.74. The van der Waals surface area contributed by atoms with Gasteiger partial charge in [0.1, 0.15) is 5.65 Å². The zero-order valence-electron chi connectivity index (χ0n) is 16.1. The Morgan fingerprint density at radius 3 is 2.92 bits per heavy atom. The molecular weight excluding hydrogens is 330 g/mol. The van der Waals surface area contributed by atoms with Crippen LogP contribution < -0.4 is 10.6 Å². The molecule has 0 saturated carbocycles. The monoisotopic (exact) mass is 361 g/mol. The third kappa shape index (κ3) is 6.65. The summed E-state index contributed by atoms with van der Waals surface area (Å²) in [6, 6.07) is 4.13. The van der Waals surface area contributed by atoms with Crippen LogP contribution in [-0.2, 0) is 15.9 Å². The van der Waals surface area contributed by atoms with E-state index in [-0.39, 0.29) is 0 Å². The third-order valence-corrected chi connectivity index (χ3v) is 3.89. The molecule has 2 aromatic heterocycles. The molecule has 2 N–H and O–H groups in total. The summed E-state index contributed by atoms with van der Waals surface area (Å²) in [5, 5.41) is 6.64. The lowest BCUT2D eigenvalue weighted by atomic mass is 10.3. The number of aryl methyl sites for hydroxylation is 1. The Morgan fingerprint density at radius 2 is 2.15 bits per heavy atom. The smallest absolute Gasteiger partial charge is 0.191 e. The van der Waals surface area contributed by atoms with Crippen molar-refractivity contribution in [3.8, 4) is 0 Å². The second-order valence-corrected chi connectivity index (χ2v) is 6.05. The van der Waals surface area contributed by atoms with Crippen molar-refractivity contribution in [3.05, 3.63) is 35.8 Å². The van der Waals surface area contributed by atoms with Crippen LogP contribution >= 0.6 is 0 Å². The third-order valence-electron chi connectivity index (χ3n) is 3.89. The summed E-state index contributed by atoms with van der Waals surface area (Å²) in [7, 11) is 1.68. The predicted molar refractivity (Wildman–Crippen MR) is 105 cm³/mol. The van der Waals surface area contributed by atoms with Gasteiger partial charge in [0, 0.05) is 52.2 Å². The predicted octanol–water partition coefficient (Wildman–Crippen LogP) is 1.79. The van der Waals surface area contributed by atoms with E-state index < -0.39 is 0 Å². The summed E-state index contributed by atoms with van der Waals surface area (Å²) < 4.78 is 12.5. The van der Waals surface area contributed by atoms with Crippen LogP contribution in [-0.4, -0.2) is 61.9 Å². The molecular formula is C19H31N5O2. The van der Waals surface area contributed by atoms with Gasteiger partial charge in [-0.25, -0.2) is 4.98 Å². The van der Waals surface area contributed by atoms with Gasteiger partial charge in [0.15, 0.2) is 5.96 Å². The Kier molecular flexibility index (Phi) is 8.92. The molecule has 2 aromatic rings. The fraction of sp³-hybridized carbons (Fsp3) is 0.579. The van der Waals surface area contributed by atoms with Gasteiger partial charge in [0.05, 0.1) is 18.9 Å². The Morgan fingerprint density at radius 1 is 1.27 bits per heavy atom. The Hall–Kier alpha value is -2.12. The Labute approximate surface area is 155 Å². The summed E-state index contributed by atoms with van der Waals surface area (Å²) >= 11 is 0. The van der Waals surface area contributed by atoms with Gasteiger partial charge in [0.2, 0.25) is 0 Å². The lowest BCUT2D eigenvalue weighted by Crippen LogP contribution is -2.38. The van der Waals surface area contributed by atoms with Crippen molar-refractivity contribution < 1.29 is 9.47 Å². The fourth-order valence-electron chi connectivity index (χ4n) is 2.58. The van der Waals surface area contributed by atoms with Gasteiger partial charge in [-0.05, 0) is 31.9 Å². The van der Waals surface area contributed by atoms with Crippen LogP contribution in [0, 0.1) is 6.92 Å². The number of aromatic nitrogens is 2. The van der Waals surface area contributed by atoms with Crippen LogP contribution in [0.1, 0.15) is 24.6 Å². The highest BCUT2D eigenvalue weighted by molar-refractivity contribution is 5.79. The van der Waals surface area contributed by atoms with E-state index in [9.17, 15) is 0 Å². The van der Waals surface area contributed by atoms with E-state index in [0.717, 1.165) is 49.8 Å². The lowest BCUT2D eigenvalue weighted by molar-refractivity contribution is 0.0702. The number of nitrogens with one attached hydrogen (secondary N) is 2. The highest BCUT2D eigenvalue weighted by Gasteiger charge is 2.04. The largest absolute Gasteiger partial charge is 0.382 e. The van der Waals surface area contributed by atoms with Gasteiger partial charge in [-0.1, -0.05) is 6.07 Å². The van der Waals surface area contributed by atoms with Crippen molar-refractivity contribution >= 4 is 11.6 Å². The zero-order chi connectivity index (χ0) is 18.6. The van der Waals surface area contributed by atoms with Gasteiger partial charge in [-0.3, -0.25) is 4.99 Å². The van der Waals surface area contributed by atoms with E-state index in [1.165, 1.54) is 5.56 Å². The minimum Gasteiger partial charge on any atom is -0.382 e. The summed E-state index contributed by atoms with van der Waals surface area (Å²) in [6.07, 6.45) is 5.87. The first-order chi connectivity index (χ1) is 12.7. The number of nitrogens with zero attached hydrogens (tertiary/aromatic N) is 3. The average molecular weight is 361 g/mol. The van der Waals surface area contributed by atoms with Gasteiger partial charge in [0.25, 0.3) is 0 Å². The molecule has 0 saturated heterocycles. The molecule has 0 bridgehead atoms. The number of hydrogen-bond acceptors (Lipinski definition) is 4. The molecule has 0 spiro atoms. The Bertz CT molecular complexity index is 684. The first kappa shape index (κ1) is 20.2. The van der Waals surface area contributed by atoms with E-state index >= 15 is 0 Å². The van der Waals surface area contributed by atoms with Crippen molar-refractivity contribution in [1.29, 1.82) is 0 Å². The standard InChI is InChI=1S/C19H31N5O2/c1-4-20-19(21-9-6-12-26-14-13-25-3)22-10-8-17-15-24-11-5-7-16(2)18(24)23-17/h5,7,11,15H,4,6,8-10,12-14H2,1-3H3,(H2,20,21,22). The van der Waals surface area contributed by atoms with Crippen molar-refractivity contribution in [1.82, 2.24) is 20.0 Å². The molecule has 2 rings (SSSR count). The minimum atomic E-state index is 0.635. The molecule has 0 aliphatic carbocycles. The van der Waals surface area contributed by atoms with Crippen molar-refractivity contribution in [2.24, 2.45) is 4.99 Å². The van der Waals surface area contributed by atoms with E-state index in [0.29, 0.717) is 19.8 Å². The van der Waals surface area contributed by atoms with Gasteiger partial charge in [-0.2, -0.15) is 0 Å². The SMILES string of the molecule is CCNC(=NCCCOCCOC)NCCc1cn2cccc(C)c2n1. The number of fused-ring (bicyclic) bond motifs is 1. The van der Waals surface area contributed by atoms with E-state index in [1.807, 2.05) is 12.3 Å². The number of ether oxygens (including phenoxy) is 2. The fourth-order valence-corrected chi connectivity index (χ4v) is 2.58. The quantitative estimate of drug-likeness (QED) is 0.363. The molecule has 2 heterocycles. The highest BCUT2D eigenvalue weighted by Crippen LogP contribution is 2.09. The summed E-state index contributed by atoms with van der Waals surface area (Å²) in [5.74, 6) is 0.837. The number of imidazole rings is 1. The first-order valence-electron chi connectivity index (χ1n) is 9.26. The summed E-state index contributed by atoms with van der Waals surface area (Å²) in [4.78, 5) is 9.28. The molecule has 7 heteroatoms. The minimum absolute atomic E-state index is 0.635. The maximum atomic E-state index is 5.45. The van der Waals surface area contributed by atoms with Gasteiger partial charge < -0.3 is 24.5 Å². The second kappa shape index (κ2) is 11.5. The topological polar surface area (TPSA) is 72.2 Å². The van der Waals surface area contributed by atoms with Crippen LogP contribution in [0.3, 0.4) is 0 Å². The molecule has 0 radical (unpaired) electrons. The maximum absolute atomic E-state index is 5.45. The van der Waals surface area contributed by atoms with Crippen molar-refractivity contribution in [2.45, 2.75) is 26.7 Å². The number of aliphatic imine (C=N–C) groups is 1. The maximum Gasteiger partial charge on any atom is 0.191 e. The molecule has 0 fully saturated rings. The molecule has 0 aliphatic rings. The van der Waals surface area contributed by atoms with E-state index in [2.05, 4.69) is 46.1 Å². The van der Waals surface area contributed by atoms with Gasteiger partial charge in [-0.15, -0.1) is 0 Å². The van der Waals surface area contributed by atoms with Crippen LogP contribution in [0.15, 0.2) is 29.5 Å². The number of guanidine groups is 1. The van der Waals surface area contributed by atoms with Crippen molar-refractivity contribution in [2.75, 3.05) is 46.6 Å². The number of rotatable bonds is 11. The lowest BCUT2D eigenvalue weighted by Gasteiger charge is -2.10. The molecule has 0 atom stereocenters. The first-order valence-corrected chi connectivity index (χ1v) is 9.26. The molecule has 0 unspecified atom stereocenters. The summed E-state index contributed by atoms with van der Waals surface area (Å²) in [5.41, 5.74) is 3.29. The van der Waals surface area contributed by atoms with Gasteiger partial charge >= 0.3 is 0 Å². The van der Waals surface area contributed by atoms with E-state index in [1.54, 1.807) is 7.11 Å². The number of pyridine rings is 1. The second-order valence-electron chi connectivity index (χ2n) is 6.05. The zero-order valence-corrected chi connectivity index (χ0v) is 16.1. The molecule has 7 nitrogen and oxygen atoms in total. The van der Waals surface area contributed by atoms with Crippen LogP contribution in [0.4, 0.5) is 0 Å². The van der Waals surface area contributed by atoms with E-state index in [4.69, 9.17) is 14.5 Å². The van der Waals surface area contributed by atoms with Crippen LogP contribution in [0.25, 0.3) is 5.65 Å².